The van der Waals surface area contributed by atoms with Crippen molar-refractivity contribution in [1.29, 1.82) is 0 Å². The largest absolute Gasteiger partial charge is 0.486 e. The van der Waals surface area contributed by atoms with Crippen LogP contribution in [0.3, 0.4) is 0 Å². The highest BCUT2D eigenvalue weighted by Crippen LogP contribution is 2.37. The Kier molecular flexibility index (Phi) is 6.23. The second-order valence-electron chi connectivity index (χ2n) is 7.02. The van der Waals surface area contributed by atoms with Crippen LogP contribution >= 0.6 is 11.6 Å². The lowest BCUT2D eigenvalue weighted by Crippen LogP contribution is -2.53. The van der Waals surface area contributed by atoms with Crippen molar-refractivity contribution in [2.45, 2.75) is 29.6 Å². The Labute approximate surface area is 183 Å². The molecular weight excluding hydrogens is 449 g/mol. The topological polar surface area (TPSA) is 95.8 Å². The maximum absolute atomic E-state index is 13.9. The summed E-state index contributed by atoms with van der Waals surface area (Å²) in [6.07, 6.45) is -2.64. The van der Waals surface area contributed by atoms with E-state index in [1.165, 1.54) is 37.3 Å². The van der Waals surface area contributed by atoms with Crippen LogP contribution in [0.1, 0.15) is 6.92 Å². The minimum Gasteiger partial charge on any atom is -0.486 e. The molecule has 3 atom stereocenters. The first-order chi connectivity index (χ1) is 14.5. The predicted octanol–water partition coefficient (Wildman–Crippen LogP) is 3.14. The molecule has 162 valence electrons. The lowest BCUT2D eigenvalue weighted by molar-refractivity contribution is -0.104. The fourth-order valence-corrected chi connectivity index (χ4v) is 5.03. The van der Waals surface area contributed by atoms with Crippen molar-refractivity contribution in [3.05, 3.63) is 70.1 Å². The molecule has 3 rings (SSSR count). The zero-order valence-corrected chi connectivity index (χ0v) is 17.7. The number of benzene rings is 2. The predicted molar refractivity (Wildman–Crippen MR) is 110 cm³/mol. The summed E-state index contributed by atoms with van der Waals surface area (Å²) >= 11 is 5.85. The van der Waals surface area contributed by atoms with E-state index in [9.17, 15) is 23.0 Å². The summed E-state index contributed by atoms with van der Waals surface area (Å²) in [5.41, 5.74) is -2.41. The van der Waals surface area contributed by atoms with Crippen LogP contribution in [0.15, 0.2) is 41.3 Å². The van der Waals surface area contributed by atoms with Crippen molar-refractivity contribution in [3.63, 3.8) is 0 Å². The number of halogens is 2. The van der Waals surface area contributed by atoms with Crippen LogP contribution in [0.2, 0.25) is 5.02 Å². The maximum atomic E-state index is 13.9. The van der Waals surface area contributed by atoms with Gasteiger partial charge in [-0.3, -0.25) is 0 Å². The van der Waals surface area contributed by atoms with Crippen molar-refractivity contribution in [2.24, 2.45) is 0 Å². The van der Waals surface area contributed by atoms with Gasteiger partial charge in [0.1, 0.15) is 23.3 Å². The molecule has 0 amide bonds. The third-order valence-corrected chi connectivity index (χ3v) is 7.15. The van der Waals surface area contributed by atoms with Crippen LogP contribution in [0, 0.1) is 19.0 Å². The standard InChI is InChI=1S/C20H17ClFN3O5S/c1-12(26)20(27)11-25(31(28,29)18-7-4-13(21)8-17(18)24-3)10-19(20)30-14-5-6-16(23-2)15(22)9-14/h4-9,12,19,26-27H,10-11H2,1H3/t12-,19-,20+/m0/s1. The normalized spacial score (nSPS) is 22.5. The Hall–Kier alpha value is -2.73. The van der Waals surface area contributed by atoms with E-state index in [-0.39, 0.29) is 33.6 Å². The van der Waals surface area contributed by atoms with E-state index in [0.717, 1.165) is 10.4 Å². The molecule has 2 aromatic rings. The molecule has 1 heterocycles. The molecular formula is C20H17ClFN3O5S. The molecule has 0 aliphatic carbocycles. The first-order valence-electron chi connectivity index (χ1n) is 8.94. The lowest BCUT2D eigenvalue weighted by Gasteiger charge is -2.31. The number of ether oxygens (including phenoxy) is 1. The van der Waals surface area contributed by atoms with E-state index in [1.54, 1.807) is 0 Å². The van der Waals surface area contributed by atoms with Gasteiger partial charge in [0.15, 0.2) is 0 Å². The molecule has 1 saturated heterocycles. The van der Waals surface area contributed by atoms with Gasteiger partial charge in [-0.15, -0.1) is 0 Å². The zero-order chi connectivity index (χ0) is 23.0. The summed E-state index contributed by atoms with van der Waals surface area (Å²) in [5.74, 6) is -0.875. The highest BCUT2D eigenvalue weighted by Gasteiger charge is 2.54. The summed E-state index contributed by atoms with van der Waals surface area (Å²) in [5, 5.41) is 21.4. The maximum Gasteiger partial charge on any atom is 0.233 e. The number of β-amino-alcohol motifs (C(OH)–C–C–N with tert-alkyl or cyclic N) is 1. The van der Waals surface area contributed by atoms with Crippen LogP contribution in [0.5, 0.6) is 5.75 Å². The summed E-state index contributed by atoms with van der Waals surface area (Å²) in [7, 11) is -4.25. The van der Waals surface area contributed by atoms with Gasteiger partial charge in [0.2, 0.25) is 21.4 Å². The number of hydrogen-bond acceptors (Lipinski definition) is 5. The van der Waals surface area contributed by atoms with Crippen molar-refractivity contribution < 1.29 is 27.8 Å². The van der Waals surface area contributed by atoms with Crippen molar-refractivity contribution in [1.82, 2.24) is 4.31 Å². The van der Waals surface area contributed by atoms with E-state index in [2.05, 4.69) is 9.69 Å². The second-order valence-corrected chi connectivity index (χ2v) is 9.36. The molecule has 1 aliphatic heterocycles. The van der Waals surface area contributed by atoms with Crippen LogP contribution in [0.25, 0.3) is 9.69 Å². The molecule has 1 aliphatic rings. The van der Waals surface area contributed by atoms with E-state index < -0.39 is 40.2 Å². The number of aliphatic hydroxyl groups excluding tert-OH is 1. The Morgan fingerprint density at radius 1 is 1.26 bits per heavy atom. The summed E-state index contributed by atoms with van der Waals surface area (Å²) in [6.45, 7) is 14.5. The van der Waals surface area contributed by atoms with Crippen LogP contribution < -0.4 is 4.74 Å². The highest BCUT2D eigenvalue weighted by atomic mass is 35.5. The molecule has 0 spiro atoms. The minimum atomic E-state index is -4.25. The first kappa shape index (κ1) is 22.9. The number of sulfonamides is 1. The average molecular weight is 466 g/mol. The van der Waals surface area contributed by atoms with E-state index >= 15 is 0 Å². The van der Waals surface area contributed by atoms with E-state index in [1.807, 2.05) is 0 Å². The quantitative estimate of drug-likeness (QED) is 0.661. The number of aliphatic hydroxyl groups is 2. The Balaban J connectivity index is 1.96. The highest BCUT2D eigenvalue weighted by molar-refractivity contribution is 7.89. The fraction of sp³-hybridized carbons (Fsp3) is 0.300. The lowest BCUT2D eigenvalue weighted by atomic mass is 9.94. The van der Waals surface area contributed by atoms with Gasteiger partial charge in [-0.05, 0) is 31.2 Å². The molecule has 8 nitrogen and oxygen atoms in total. The van der Waals surface area contributed by atoms with Crippen molar-refractivity contribution >= 4 is 33.0 Å². The van der Waals surface area contributed by atoms with E-state index in [0.29, 0.717) is 0 Å². The van der Waals surface area contributed by atoms with Gasteiger partial charge in [0.25, 0.3) is 0 Å². The summed E-state index contributed by atoms with van der Waals surface area (Å²) in [4.78, 5) is 5.91. The first-order valence-corrected chi connectivity index (χ1v) is 10.8. The third-order valence-electron chi connectivity index (χ3n) is 5.06. The molecule has 0 radical (unpaired) electrons. The number of rotatable bonds is 5. The van der Waals surface area contributed by atoms with E-state index in [4.69, 9.17) is 29.5 Å². The van der Waals surface area contributed by atoms with Gasteiger partial charge in [-0.25, -0.2) is 22.5 Å². The van der Waals surface area contributed by atoms with Gasteiger partial charge < -0.3 is 14.9 Å². The molecule has 0 aromatic heterocycles. The number of nitrogens with zero attached hydrogens (tertiary/aromatic N) is 3. The third kappa shape index (κ3) is 4.22. The second kappa shape index (κ2) is 8.42. The summed E-state index contributed by atoms with van der Waals surface area (Å²) < 4.78 is 46.8. The van der Waals surface area contributed by atoms with Gasteiger partial charge in [0.05, 0.1) is 30.7 Å². The van der Waals surface area contributed by atoms with Gasteiger partial charge in [-0.1, -0.05) is 17.7 Å². The fourth-order valence-electron chi connectivity index (χ4n) is 3.27. The molecule has 31 heavy (non-hydrogen) atoms. The average Bonchev–Trinajstić information content (AvgIpc) is 3.06. The molecule has 2 N–H and O–H groups in total. The molecule has 11 heteroatoms. The van der Waals surface area contributed by atoms with Crippen LogP contribution in [-0.4, -0.2) is 53.8 Å². The smallest absolute Gasteiger partial charge is 0.233 e. The Morgan fingerprint density at radius 2 is 1.94 bits per heavy atom. The van der Waals surface area contributed by atoms with Crippen molar-refractivity contribution in [3.8, 4) is 5.75 Å². The summed E-state index contributed by atoms with van der Waals surface area (Å²) in [6, 6.07) is 7.19. The van der Waals surface area contributed by atoms with Crippen LogP contribution in [-0.2, 0) is 10.0 Å². The number of hydrogen-bond donors (Lipinski definition) is 2. The Bertz CT molecular complexity index is 1210. The SMILES string of the molecule is [C-]#[N+]c1ccc(O[C@H]2CN(S(=O)(=O)c3ccc(Cl)cc3[N+]#[C-])C[C@@]2(O)[C@H](C)O)cc1F. The van der Waals surface area contributed by atoms with Crippen LogP contribution in [0.4, 0.5) is 15.8 Å². The monoisotopic (exact) mass is 465 g/mol. The zero-order valence-electron chi connectivity index (χ0n) is 16.2. The van der Waals surface area contributed by atoms with Gasteiger partial charge in [-0.2, -0.15) is 4.31 Å². The molecule has 0 unspecified atom stereocenters. The Morgan fingerprint density at radius 3 is 2.52 bits per heavy atom. The molecule has 0 saturated carbocycles. The van der Waals surface area contributed by atoms with Gasteiger partial charge >= 0.3 is 0 Å². The molecule has 0 bridgehead atoms. The molecule has 2 aromatic carbocycles. The molecule has 1 fully saturated rings. The van der Waals surface area contributed by atoms with Crippen molar-refractivity contribution in [2.75, 3.05) is 13.1 Å². The minimum absolute atomic E-state index is 0.0402. The van der Waals surface area contributed by atoms with Gasteiger partial charge in [0, 0.05) is 17.6 Å².